The molecule has 19 aromatic carbocycles. The van der Waals surface area contributed by atoms with Gasteiger partial charge < -0.3 is 18.9 Å². The standard InChI is InChI=1S/C116H78N4/c1-7-28-79(29-8-1)80-50-60-91(61-51-80)117(92-62-54-82(55-63-92)85-58-73-101-99-40-19-23-45-106(99)115(108(101)77-85,86-30-9-2-10-31-86)87-32-11-3-12-33-87)94-68-70-96(71-69-94)120-111-48-26-22-43-104(111)114-98(44-27-49-113(114)120)83-56-66-95(67-57-83)119-110-47-25-21-42-103(110)105-76-84(59-75-112(105)119)81-52-64-93(65-53-81)118(90-38-17-6-18-39-90)97-72-74-102-100-41-20-24-46-107(100)116(109(102)78-97,88-34-13-4-14-35-88)89-36-15-5-16-37-89/h1-78H. The first kappa shape index (κ1) is 69.8. The number of aromatic nitrogens is 2. The summed E-state index contributed by atoms with van der Waals surface area (Å²) in [4.78, 5) is 4.80. The highest BCUT2D eigenvalue weighted by Gasteiger charge is 2.48. The third kappa shape index (κ3) is 11.1. The van der Waals surface area contributed by atoms with Crippen molar-refractivity contribution in [3.05, 3.63) is 518 Å². The van der Waals surface area contributed by atoms with Crippen LogP contribution < -0.4 is 9.80 Å². The molecule has 2 heterocycles. The zero-order valence-corrected chi connectivity index (χ0v) is 65.8. The molecule has 23 rings (SSSR count). The Morgan fingerprint density at radius 2 is 0.483 bits per heavy atom. The van der Waals surface area contributed by atoms with Crippen LogP contribution in [0.15, 0.2) is 473 Å². The van der Waals surface area contributed by atoms with Crippen LogP contribution in [0.1, 0.15) is 44.5 Å². The number of hydrogen-bond donors (Lipinski definition) is 0. The molecule has 0 fully saturated rings. The van der Waals surface area contributed by atoms with Crippen molar-refractivity contribution in [1.82, 2.24) is 9.13 Å². The zero-order valence-electron chi connectivity index (χ0n) is 65.8. The highest BCUT2D eigenvalue weighted by atomic mass is 15.1. The van der Waals surface area contributed by atoms with Gasteiger partial charge in [-0.05, 0) is 245 Å². The van der Waals surface area contributed by atoms with Crippen LogP contribution in [-0.2, 0) is 10.8 Å². The lowest BCUT2D eigenvalue weighted by atomic mass is 9.67. The van der Waals surface area contributed by atoms with E-state index in [9.17, 15) is 0 Å². The fourth-order valence-electron chi connectivity index (χ4n) is 20.2. The van der Waals surface area contributed by atoms with Crippen LogP contribution in [0.5, 0.6) is 0 Å². The lowest BCUT2D eigenvalue weighted by molar-refractivity contribution is 0.768. The van der Waals surface area contributed by atoms with Crippen LogP contribution in [0.2, 0.25) is 0 Å². The first-order valence-corrected chi connectivity index (χ1v) is 41.5. The molecule has 4 nitrogen and oxygen atoms in total. The van der Waals surface area contributed by atoms with Crippen LogP contribution >= 0.6 is 0 Å². The predicted octanol–water partition coefficient (Wildman–Crippen LogP) is 30.2. The van der Waals surface area contributed by atoms with Crippen LogP contribution in [0.4, 0.5) is 34.1 Å². The van der Waals surface area contributed by atoms with Gasteiger partial charge in [-0.15, -0.1) is 0 Å². The minimum Gasteiger partial charge on any atom is -0.311 e. The Labute approximate surface area is 698 Å². The van der Waals surface area contributed by atoms with Gasteiger partial charge in [0.25, 0.3) is 0 Å². The number of nitrogens with zero attached hydrogens (tertiary/aromatic N) is 4. The average molecular weight is 1530 g/mol. The molecule has 0 radical (unpaired) electrons. The van der Waals surface area contributed by atoms with Crippen molar-refractivity contribution in [3.8, 4) is 78.1 Å². The zero-order chi connectivity index (χ0) is 79.2. The molecular formula is C116H78N4. The predicted molar refractivity (Wildman–Crippen MR) is 501 cm³/mol. The molecule has 562 valence electrons. The summed E-state index contributed by atoms with van der Waals surface area (Å²) in [6.07, 6.45) is 0. The van der Waals surface area contributed by atoms with Gasteiger partial charge in [0.05, 0.1) is 32.9 Å². The highest BCUT2D eigenvalue weighted by Crippen LogP contribution is 2.60. The Morgan fingerprint density at radius 3 is 1.02 bits per heavy atom. The largest absolute Gasteiger partial charge is 0.311 e. The first-order chi connectivity index (χ1) is 59.5. The highest BCUT2D eigenvalue weighted by molar-refractivity contribution is 6.16. The molecule has 0 atom stereocenters. The van der Waals surface area contributed by atoms with Crippen molar-refractivity contribution in [3.63, 3.8) is 0 Å². The Hall–Kier alpha value is -15.6. The molecule has 120 heavy (non-hydrogen) atoms. The first-order valence-electron chi connectivity index (χ1n) is 41.5. The number of anilines is 6. The van der Waals surface area contributed by atoms with E-state index in [4.69, 9.17) is 0 Å². The van der Waals surface area contributed by atoms with E-state index in [1.165, 1.54) is 111 Å². The number of para-hydroxylation sites is 3. The molecular weight excluding hydrogens is 1450 g/mol. The molecule has 0 amide bonds. The molecule has 0 saturated heterocycles. The quantitative estimate of drug-likeness (QED) is 0.0959. The van der Waals surface area contributed by atoms with Gasteiger partial charge in [-0.2, -0.15) is 0 Å². The summed E-state index contributed by atoms with van der Waals surface area (Å²) in [6.45, 7) is 0. The molecule has 0 saturated carbocycles. The minimum atomic E-state index is -0.521. The van der Waals surface area contributed by atoms with Crippen molar-refractivity contribution >= 4 is 77.7 Å². The Bertz CT molecular complexity index is 7370. The van der Waals surface area contributed by atoms with Crippen LogP contribution in [-0.4, -0.2) is 9.13 Å². The van der Waals surface area contributed by atoms with Crippen molar-refractivity contribution in [1.29, 1.82) is 0 Å². The summed E-state index contributed by atoms with van der Waals surface area (Å²) in [5.74, 6) is 0. The van der Waals surface area contributed by atoms with Gasteiger partial charge in [0.2, 0.25) is 0 Å². The SMILES string of the molecule is c1ccc(-c2ccc(N(c3ccc(-c4ccc5c(c4)C(c4ccccc4)(c4ccccc4)c4ccccc4-5)cc3)c3ccc(-n4c5ccccc5c5c(-c6ccc(-n7c8ccccc8c8cc(-c9ccc(N(c%10ccccc%10)c%10ccc%11c(c%10)C(c%10ccccc%10)(c%10ccccc%10)c%10ccccc%10-%11)cc9)ccc87)cc6)cccc54)cc3)cc2)cc1. The molecule has 0 unspecified atom stereocenters. The normalized spacial score (nSPS) is 12.8. The number of benzene rings is 19. The third-order valence-electron chi connectivity index (χ3n) is 25.5. The van der Waals surface area contributed by atoms with E-state index in [1.54, 1.807) is 0 Å². The minimum absolute atomic E-state index is 0.490. The van der Waals surface area contributed by atoms with E-state index in [0.717, 1.165) is 89.8 Å². The van der Waals surface area contributed by atoms with E-state index in [1.807, 2.05) is 0 Å². The fraction of sp³-hybridized carbons (Fsp3) is 0.0172. The topological polar surface area (TPSA) is 16.3 Å². The van der Waals surface area contributed by atoms with E-state index >= 15 is 0 Å². The fourth-order valence-corrected chi connectivity index (χ4v) is 20.2. The molecule has 0 spiro atoms. The maximum Gasteiger partial charge on any atom is 0.0714 e. The average Bonchev–Trinajstić information content (AvgIpc) is 1.54. The van der Waals surface area contributed by atoms with Gasteiger partial charge in [-0.3, -0.25) is 0 Å². The molecule has 0 N–H and O–H groups in total. The monoisotopic (exact) mass is 1530 g/mol. The molecule has 2 aliphatic carbocycles. The molecule has 21 aromatic rings. The molecule has 2 aliphatic rings. The van der Waals surface area contributed by atoms with E-state index in [-0.39, 0.29) is 0 Å². The lowest BCUT2D eigenvalue weighted by Crippen LogP contribution is -2.28. The second kappa shape index (κ2) is 28.7. The van der Waals surface area contributed by atoms with E-state index in [2.05, 4.69) is 492 Å². The summed E-state index contributed by atoms with van der Waals surface area (Å²) in [7, 11) is 0. The van der Waals surface area contributed by atoms with Gasteiger partial charge in [0, 0.05) is 67.0 Å². The van der Waals surface area contributed by atoms with Gasteiger partial charge in [-0.1, -0.05) is 340 Å². The van der Waals surface area contributed by atoms with Crippen molar-refractivity contribution in [2.75, 3.05) is 9.80 Å². The molecule has 2 aromatic heterocycles. The summed E-state index contributed by atoms with van der Waals surface area (Å²) >= 11 is 0. The summed E-state index contributed by atoms with van der Waals surface area (Å²) in [5.41, 5.74) is 36.9. The molecule has 0 aliphatic heterocycles. The smallest absolute Gasteiger partial charge is 0.0714 e. The van der Waals surface area contributed by atoms with Crippen LogP contribution in [0, 0.1) is 0 Å². The van der Waals surface area contributed by atoms with Gasteiger partial charge in [-0.25, -0.2) is 0 Å². The Morgan fingerprint density at radius 1 is 0.167 bits per heavy atom. The lowest BCUT2D eigenvalue weighted by Gasteiger charge is -2.35. The Balaban J connectivity index is 0.562. The van der Waals surface area contributed by atoms with Crippen LogP contribution in [0.25, 0.3) is 122 Å². The van der Waals surface area contributed by atoms with Crippen molar-refractivity contribution < 1.29 is 0 Å². The second-order valence-electron chi connectivity index (χ2n) is 31.8. The summed E-state index contributed by atoms with van der Waals surface area (Å²) in [5, 5.41) is 4.85. The maximum atomic E-state index is 2.45. The number of hydrogen-bond acceptors (Lipinski definition) is 2. The number of fused-ring (bicyclic) bond motifs is 12. The molecule has 4 heteroatoms. The Kier molecular flexibility index (Phi) is 16.7. The van der Waals surface area contributed by atoms with Gasteiger partial charge in [0.15, 0.2) is 0 Å². The summed E-state index contributed by atoms with van der Waals surface area (Å²) < 4.78 is 4.87. The van der Waals surface area contributed by atoms with E-state index in [0.29, 0.717) is 0 Å². The van der Waals surface area contributed by atoms with Crippen molar-refractivity contribution in [2.45, 2.75) is 10.8 Å². The van der Waals surface area contributed by atoms with E-state index < -0.39 is 10.8 Å². The van der Waals surface area contributed by atoms with Crippen LogP contribution in [0.3, 0.4) is 0 Å². The maximum absolute atomic E-state index is 2.45. The van der Waals surface area contributed by atoms with Crippen molar-refractivity contribution in [2.24, 2.45) is 0 Å². The summed E-state index contributed by atoms with van der Waals surface area (Å²) in [6, 6.07) is 175. The van der Waals surface area contributed by atoms with Gasteiger partial charge in [0.1, 0.15) is 0 Å². The number of rotatable bonds is 16. The second-order valence-corrected chi connectivity index (χ2v) is 31.8. The molecule has 0 bridgehead atoms. The third-order valence-corrected chi connectivity index (χ3v) is 25.5. The van der Waals surface area contributed by atoms with Gasteiger partial charge >= 0.3 is 0 Å².